The van der Waals surface area contributed by atoms with E-state index in [9.17, 15) is 4.79 Å². The number of imidazole rings is 1. The lowest BCUT2D eigenvalue weighted by molar-refractivity contribution is -0.115. The lowest BCUT2D eigenvalue weighted by Gasteiger charge is -2.13. The number of para-hydroxylation sites is 2. The average Bonchev–Trinajstić information content (AvgIpc) is 3.26. The third-order valence-electron chi connectivity index (χ3n) is 4.22. The molecule has 1 N–H and O–H groups in total. The quantitative estimate of drug-likeness (QED) is 0.515. The van der Waals surface area contributed by atoms with E-state index in [0.717, 1.165) is 16.2 Å². The first-order chi connectivity index (χ1) is 13.2. The summed E-state index contributed by atoms with van der Waals surface area (Å²) in [7, 11) is 0. The number of hydrogen-bond donors (Lipinski definition) is 1. The van der Waals surface area contributed by atoms with E-state index in [0.29, 0.717) is 23.7 Å². The first kappa shape index (κ1) is 17.5. The second-order valence-electron chi connectivity index (χ2n) is 6.10. The highest BCUT2D eigenvalue weighted by molar-refractivity contribution is 8.00. The lowest BCUT2D eigenvalue weighted by atomic mass is 10.2. The van der Waals surface area contributed by atoms with Crippen molar-refractivity contribution in [1.82, 2.24) is 9.55 Å². The number of nitrogens with one attached hydrogen (secondary N) is 1. The van der Waals surface area contributed by atoms with Crippen molar-refractivity contribution >= 4 is 34.4 Å². The molecule has 4 rings (SSSR count). The molecule has 1 atom stereocenters. The van der Waals surface area contributed by atoms with Gasteiger partial charge in [-0.1, -0.05) is 30.0 Å². The van der Waals surface area contributed by atoms with Gasteiger partial charge in [0.15, 0.2) is 16.7 Å². The SMILES string of the molecule is C=CCn1c(S[C@@H](C)C(=O)Nc2ccc3c(c2)OCO3)nc2ccccc21. The maximum atomic E-state index is 12.6. The molecule has 0 bridgehead atoms. The van der Waals surface area contributed by atoms with Gasteiger partial charge in [0, 0.05) is 18.3 Å². The molecule has 2 heterocycles. The predicted octanol–water partition coefficient (Wildman–Crippen LogP) is 4.07. The van der Waals surface area contributed by atoms with Gasteiger partial charge in [-0.3, -0.25) is 4.79 Å². The van der Waals surface area contributed by atoms with E-state index in [2.05, 4.69) is 21.4 Å². The highest BCUT2D eigenvalue weighted by Crippen LogP contribution is 2.34. The lowest BCUT2D eigenvalue weighted by Crippen LogP contribution is -2.22. The number of fused-ring (bicyclic) bond motifs is 2. The minimum absolute atomic E-state index is 0.101. The van der Waals surface area contributed by atoms with Crippen molar-refractivity contribution in [3.63, 3.8) is 0 Å². The van der Waals surface area contributed by atoms with E-state index in [-0.39, 0.29) is 18.0 Å². The normalized spacial score (nSPS) is 13.5. The maximum absolute atomic E-state index is 12.6. The fraction of sp³-hybridized carbons (Fsp3) is 0.200. The molecule has 27 heavy (non-hydrogen) atoms. The average molecular weight is 381 g/mol. The van der Waals surface area contributed by atoms with Crippen molar-refractivity contribution in [2.75, 3.05) is 12.1 Å². The number of carbonyl (C=O) groups excluding carboxylic acids is 1. The van der Waals surface area contributed by atoms with Gasteiger partial charge in [-0.25, -0.2) is 4.98 Å². The smallest absolute Gasteiger partial charge is 0.237 e. The zero-order valence-corrected chi connectivity index (χ0v) is 15.7. The Hall–Kier alpha value is -2.93. The van der Waals surface area contributed by atoms with Crippen LogP contribution >= 0.6 is 11.8 Å². The highest BCUT2D eigenvalue weighted by Gasteiger charge is 2.20. The van der Waals surface area contributed by atoms with Crippen LogP contribution in [-0.4, -0.2) is 27.5 Å². The molecule has 3 aromatic rings. The largest absolute Gasteiger partial charge is 0.454 e. The second-order valence-corrected chi connectivity index (χ2v) is 7.41. The van der Waals surface area contributed by atoms with Gasteiger partial charge in [0.2, 0.25) is 12.7 Å². The van der Waals surface area contributed by atoms with E-state index >= 15 is 0 Å². The summed E-state index contributed by atoms with van der Waals surface area (Å²) in [6.07, 6.45) is 1.83. The van der Waals surface area contributed by atoms with E-state index in [1.54, 1.807) is 18.2 Å². The topological polar surface area (TPSA) is 65.4 Å². The monoisotopic (exact) mass is 381 g/mol. The molecular formula is C20H19N3O3S. The van der Waals surface area contributed by atoms with Crippen molar-refractivity contribution in [3.05, 3.63) is 55.1 Å². The molecule has 1 aliphatic rings. The van der Waals surface area contributed by atoms with Crippen LogP contribution in [0.15, 0.2) is 60.3 Å². The Labute approximate surface area is 161 Å². The van der Waals surface area contributed by atoms with Crippen LogP contribution < -0.4 is 14.8 Å². The number of nitrogens with zero attached hydrogens (tertiary/aromatic N) is 2. The minimum Gasteiger partial charge on any atom is -0.454 e. The molecule has 0 unspecified atom stereocenters. The number of rotatable bonds is 6. The highest BCUT2D eigenvalue weighted by atomic mass is 32.2. The molecule has 0 saturated carbocycles. The summed E-state index contributed by atoms with van der Waals surface area (Å²) < 4.78 is 12.7. The molecule has 2 aromatic carbocycles. The Balaban J connectivity index is 1.51. The molecule has 0 aliphatic carbocycles. The van der Waals surface area contributed by atoms with Gasteiger partial charge < -0.3 is 19.4 Å². The number of amides is 1. The van der Waals surface area contributed by atoms with Crippen LogP contribution in [0, 0.1) is 0 Å². The number of carbonyl (C=O) groups is 1. The summed E-state index contributed by atoms with van der Waals surface area (Å²) in [5.74, 6) is 1.23. The van der Waals surface area contributed by atoms with Crippen LogP contribution in [0.4, 0.5) is 5.69 Å². The summed E-state index contributed by atoms with van der Waals surface area (Å²) in [6.45, 7) is 6.53. The number of anilines is 1. The van der Waals surface area contributed by atoms with Crippen LogP contribution in [0.3, 0.4) is 0 Å². The Morgan fingerprint density at radius 1 is 1.33 bits per heavy atom. The number of thioether (sulfide) groups is 1. The standard InChI is InChI=1S/C20H19N3O3S/c1-3-10-23-16-7-5-4-6-15(16)22-20(23)27-13(2)19(24)21-14-8-9-17-18(11-14)26-12-25-17/h3-9,11,13H,1,10,12H2,2H3,(H,21,24)/t13-/m0/s1. The van der Waals surface area contributed by atoms with Crippen LogP contribution in [0.2, 0.25) is 0 Å². The van der Waals surface area contributed by atoms with Crippen molar-refractivity contribution in [2.24, 2.45) is 0 Å². The summed E-state index contributed by atoms with van der Waals surface area (Å²) in [5.41, 5.74) is 2.62. The van der Waals surface area contributed by atoms with E-state index < -0.39 is 0 Å². The van der Waals surface area contributed by atoms with E-state index in [1.165, 1.54) is 11.8 Å². The molecule has 0 fully saturated rings. The van der Waals surface area contributed by atoms with Gasteiger partial charge >= 0.3 is 0 Å². The summed E-state index contributed by atoms with van der Waals surface area (Å²) in [5, 5.41) is 3.40. The fourth-order valence-electron chi connectivity index (χ4n) is 2.88. The third-order valence-corrected chi connectivity index (χ3v) is 5.31. The van der Waals surface area contributed by atoms with Crippen LogP contribution in [0.5, 0.6) is 11.5 Å². The molecule has 0 spiro atoms. The molecule has 6 nitrogen and oxygen atoms in total. The Kier molecular flexibility index (Phi) is 4.77. The molecule has 1 amide bonds. The second kappa shape index (κ2) is 7.36. The maximum Gasteiger partial charge on any atom is 0.237 e. The van der Waals surface area contributed by atoms with Crippen LogP contribution in [0.25, 0.3) is 11.0 Å². The number of benzene rings is 2. The van der Waals surface area contributed by atoms with Crippen molar-refractivity contribution in [1.29, 1.82) is 0 Å². The van der Waals surface area contributed by atoms with Crippen LogP contribution in [-0.2, 0) is 11.3 Å². The third kappa shape index (κ3) is 3.50. The summed E-state index contributed by atoms with van der Waals surface area (Å²) in [6, 6.07) is 13.3. The number of ether oxygens (including phenoxy) is 2. The molecule has 0 radical (unpaired) electrons. The van der Waals surface area contributed by atoms with Gasteiger partial charge in [0.25, 0.3) is 0 Å². The summed E-state index contributed by atoms with van der Waals surface area (Å²) >= 11 is 1.42. The van der Waals surface area contributed by atoms with Gasteiger partial charge in [0.1, 0.15) is 0 Å². The predicted molar refractivity (Wildman–Crippen MR) is 106 cm³/mol. The van der Waals surface area contributed by atoms with E-state index in [4.69, 9.17) is 9.47 Å². The van der Waals surface area contributed by atoms with E-state index in [1.807, 2.05) is 37.3 Å². The number of hydrogen-bond acceptors (Lipinski definition) is 5. The van der Waals surface area contributed by atoms with Crippen molar-refractivity contribution < 1.29 is 14.3 Å². The van der Waals surface area contributed by atoms with Gasteiger partial charge in [0.05, 0.1) is 16.3 Å². The molecule has 1 aromatic heterocycles. The zero-order chi connectivity index (χ0) is 18.8. The Morgan fingerprint density at radius 2 is 2.15 bits per heavy atom. The first-order valence-electron chi connectivity index (χ1n) is 8.59. The molecular weight excluding hydrogens is 362 g/mol. The zero-order valence-electron chi connectivity index (χ0n) is 14.8. The van der Waals surface area contributed by atoms with Gasteiger partial charge in [-0.15, -0.1) is 6.58 Å². The van der Waals surface area contributed by atoms with Crippen LogP contribution in [0.1, 0.15) is 6.92 Å². The molecule has 7 heteroatoms. The molecule has 1 aliphatic heterocycles. The van der Waals surface area contributed by atoms with Gasteiger partial charge in [-0.05, 0) is 31.2 Å². The first-order valence-corrected chi connectivity index (χ1v) is 9.47. The van der Waals surface area contributed by atoms with Gasteiger partial charge in [-0.2, -0.15) is 0 Å². The number of aromatic nitrogens is 2. The van der Waals surface area contributed by atoms with Crippen molar-refractivity contribution in [3.8, 4) is 11.5 Å². The Bertz CT molecular complexity index is 1010. The number of allylic oxidation sites excluding steroid dienone is 1. The van der Waals surface area contributed by atoms with Crippen molar-refractivity contribution in [2.45, 2.75) is 23.9 Å². The molecule has 0 saturated heterocycles. The minimum atomic E-state index is -0.323. The Morgan fingerprint density at radius 3 is 3.00 bits per heavy atom. The summed E-state index contributed by atoms with van der Waals surface area (Å²) in [4.78, 5) is 17.3. The molecule has 138 valence electrons. The fourth-order valence-corrected chi connectivity index (χ4v) is 3.81.